The SMILES string of the molecule is CCn1ccc2sc(C)c(C(=O)N3CCN(c4ccccn4)CC3)c2c1=O. The fourth-order valence-electron chi connectivity index (χ4n) is 3.61. The van der Waals surface area contributed by atoms with Crippen molar-refractivity contribution >= 4 is 33.1 Å². The van der Waals surface area contributed by atoms with Crippen molar-refractivity contribution in [2.75, 3.05) is 31.1 Å². The first-order chi connectivity index (χ1) is 13.1. The molecule has 1 saturated heterocycles. The summed E-state index contributed by atoms with van der Waals surface area (Å²) < 4.78 is 2.54. The van der Waals surface area contributed by atoms with Gasteiger partial charge in [-0.1, -0.05) is 6.07 Å². The van der Waals surface area contributed by atoms with Gasteiger partial charge in [-0.05, 0) is 32.0 Å². The molecule has 1 amide bonds. The Morgan fingerprint density at radius 3 is 2.63 bits per heavy atom. The molecule has 3 aromatic rings. The number of pyridine rings is 2. The van der Waals surface area contributed by atoms with Gasteiger partial charge in [0.15, 0.2) is 0 Å². The molecule has 1 aliphatic heterocycles. The lowest BCUT2D eigenvalue weighted by molar-refractivity contribution is 0.0748. The van der Waals surface area contributed by atoms with Crippen molar-refractivity contribution in [3.05, 3.63) is 57.5 Å². The molecule has 6 nitrogen and oxygen atoms in total. The van der Waals surface area contributed by atoms with Crippen LogP contribution in [0.5, 0.6) is 0 Å². The summed E-state index contributed by atoms with van der Waals surface area (Å²) in [5.74, 6) is 0.901. The molecule has 1 fully saturated rings. The van der Waals surface area contributed by atoms with Crippen LogP contribution in [0.15, 0.2) is 41.5 Å². The Hall–Kier alpha value is -2.67. The number of carbonyl (C=O) groups excluding carboxylic acids is 1. The minimum atomic E-state index is -0.0742. The average Bonchev–Trinajstić information content (AvgIpc) is 3.05. The van der Waals surface area contributed by atoms with E-state index in [0.717, 1.165) is 28.5 Å². The molecule has 140 valence electrons. The van der Waals surface area contributed by atoms with Crippen LogP contribution in [0.25, 0.3) is 10.1 Å². The maximum Gasteiger partial charge on any atom is 0.260 e. The zero-order valence-electron chi connectivity index (χ0n) is 15.5. The summed E-state index contributed by atoms with van der Waals surface area (Å²) in [5, 5.41) is 0.569. The summed E-state index contributed by atoms with van der Waals surface area (Å²) >= 11 is 1.52. The van der Waals surface area contributed by atoms with Crippen molar-refractivity contribution in [1.29, 1.82) is 0 Å². The van der Waals surface area contributed by atoms with Crippen LogP contribution in [0.4, 0.5) is 5.82 Å². The van der Waals surface area contributed by atoms with E-state index < -0.39 is 0 Å². The monoisotopic (exact) mass is 382 g/mol. The van der Waals surface area contributed by atoms with E-state index in [9.17, 15) is 9.59 Å². The van der Waals surface area contributed by atoms with Crippen molar-refractivity contribution in [1.82, 2.24) is 14.5 Å². The Morgan fingerprint density at radius 1 is 1.19 bits per heavy atom. The molecule has 7 heteroatoms. The molecule has 0 atom stereocenters. The summed E-state index contributed by atoms with van der Waals surface area (Å²) in [6.45, 7) is 7.19. The Labute approximate surface area is 161 Å². The van der Waals surface area contributed by atoms with Gasteiger partial charge in [0.1, 0.15) is 5.82 Å². The highest BCUT2D eigenvalue weighted by molar-refractivity contribution is 7.19. The number of rotatable bonds is 3. The van der Waals surface area contributed by atoms with E-state index in [-0.39, 0.29) is 11.5 Å². The van der Waals surface area contributed by atoms with Gasteiger partial charge < -0.3 is 14.4 Å². The van der Waals surface area contributed by atoms with E-state index in [1.54, 1.807) is 17.0 Å². The van der Waals surface area contributed by atoms with Gasteiger partial charge in [-0.2, -0.15) is 0 Å². The summed E-state index contributed by atoms with van der Waals surface area (Å²) in [6, 6.07) is 7.80. The minimum absolute atomic E-state index is 0.0367. The number of aryl methyl sites for hydroxylation is 2. The molecule has 0 aromatic carbocycles. The molecule has 27 heavy (non-hydrogen) atoms. The number of hydrogen-bond donors (Lipinski definition) is 0. The van der Waals surface area contributed by atoms with E-state index in [4.69, 9.17) is 0 Å². The zero-order chi connectivity index (χ0) is 19.0. The van der Waals surface area contributed by atoms with Gasteiger partial charge >= 0.3 is 0 Å². The minimum Gasteiger partial charge on any atom is -0.353 e. The highest BCUT2D eigenvalue weighted by atomic mass is 32.1. The van der Waals surface area contributed by atoms with Crippen molar-refractivity contribution in [3.8, 4) is 0 Å². The van der Waals surface area contributed by atoms with Crippen LogP contribution in [0, 0.1) is 6.92 Å². The number of hydrogen-bond acceptors (Lipinski definition) is 5. The molecular formula is C20H22N4O2S. The van der Waals surface area contributed by atoms with E-state index in [1.165, 1.54) is 11.3 Å². The first kappa shape index (κ1) is 17.7. The van der Waals surface area contributed by atoms with E-state index in [1.807, 2.05) is 43.0 Å². The third kappa shape index (κ3) is 3.12. The second kappa shape index (κ2) is 7.15. The Kier molecular flexibility index (Phi) is 4.70. The fourth-order valence-corrected chi connectivity index (χ4v) is 4.65. The van der Waals surface area contributed by atoms with E-state index in [0.29, 0.717) is 30.6 Å². The Morgan fingerprint density at radius 2 is 1.96 bits per heavy atom. The van der Waals surface area contributed by atoms with Gasteiger partial charge in [-0.3, -0.25) is 9.59 Å². The smallest absolute Gasteiger partial charge is 0.260 e. The third-order valence-electron chi connectivity index (χ3n) is 5.09. The van der Waals surface area contributed by atoms with Crippen molar-refractivity contribution in [2.45, 2.75) is 20.4 Å². The molecule has 4 rings (SSSR count). The molecule has 0 unspecified atom stereocenters. The molecule has 0 radical (unpaired) electrons. The second-order valence-corrected chi connectivity index (χ2v) is 7.90. The van der Waals surface area contributed by atoms with Crippen molar-refractivity contribution in [2.24, 2.45) is 0 Å². The van der Waals surface area contributed by atoms with Gasteiger partial charge in [0.05, 0.1) is 10.9 Å². The van der Waals surface area contributed by atoms with Crippen LogP contribution in [-0.2, 0) is 6.54 Å². The maximum atomic E-state index is 13.2. The number of thiophene rings is 1. The highest BCUT2D eigenvalue weighted by Crippen LogP contribution is 2.29. The standard InChI is InChI=1S/C20H22N4O2S/c1-3-22-9-7-15-18(20(22)26)17(14(2)27-15)19(25)24-12-10-23(11-13-24)16-6-4-5-8-21-16/h4-9H,3,10-13H2,1-2H3. The van der Waals surface area contributed by atoms with Gasteiger partial charge in [0.25, 0.3) is 11.5 Å². The summed E-state index contributed by atoms with van der Waals surface area (Å²) in [6.07, 6.45) is 3.59. The maximum absolute atomic E-state index is 13.2. The molecule has 0 aliphatic carbocycles. The quantitative estimate of drug-likeness (QED) is 0.699. The molecule has 3 aromatic heterocycles. The summed E-state index contributed by atoms with van der Waals surface area (Å²) in [5.41, 5.74) is 0.504. The third-order valence-corrected chi connectivity index (χ3v) is 6.16. The van der Waals surface area contributed by atoms with Crippen molar-refractivity contribution < 1.29 is 4.79 Å². The lowest BCUT2D eigenvalue weighted by Crippen LogP contribution is -2.49. The second-order valence-electron chi connectivity index (χ2n) is 6.65. The predicted octanol–water partition coefficient (Wildman–Crippen LogP) is 2.75. The molecule has 0 saturated carbocycles. The van der Waals surface area contributed by atoms with Crippen LogP contribution < -0.4 is 10.5 Å². The largest absolute Gasteiger partial charge is 0.353 e. The number of anilines is 1. The van der Waals surface area contributed by atoms with Gasteiger partial charge in [0, 0.05) is 54.7 Å². The average molecular weight is 382 g/mol. The first-order valence-electron chi connectivity index (χ1n) is 9.18. The predicted molar refractivity (Wildman–Crippen MR) is 109 cm³/mol. The van der Waals surface area contributed by atoms with Gasteiger partial charge in [-0.25, -0.2) is 4.98 Å². The van der Waals surface area contributed by atoms with Crippen LogP contribution in [0.1, 0.15) is 22.2 Å². The first-order valence-corrected chi connectivity index (χ1v) is 9.99. The highest BCUT2D eigenvalue weighted by Gasteiger charge is 2.27. The molecule has 1 aliphatic rings. The topological polar surface area (TPSA) is 58.4 Å². The van der Waals surface area contributed by atoms with Crippen LogP contribution in [0.2, 0.25) is 0 Å². The Balaban J connectivity index is 1.61. The van der Waals surface area contributed by atoms with Gasteiger partial charge in [-0.15, -0.1) is 11.3 Å². The number of piperazine rings is 1. The van der Waals surface area contributed by atoms with Crippen LogP contribution in [0.3, 0.4) is 0 Å². The van der Waals surface area contributed by atoms with Crippen molar-refractivity contribution in [3.63, 3.8) is 0 Å². The number of nitrogens with zero attached hydrogens (tertiary/aromatic N) is 4. The van der Waals surface area contributed by atoms with Crippen LogP contribution >= 0.6 is 11.3 Å². The number of carbonyl (C=O) groups is 1. The number of aromatic nitrogens is 2. The number of amides is 1. The lowest BCUT2D eigenvalue weighted by atomic mass is 10.1. The zero-order valence-corrected chi connectivity index (χ0v) is 16.3. The summed E-state index contributed by atoms with van der Waals surface area (Å²) in [7, 11) is 0. The molecule has 0 spiro atoms. The fraction of sp³-hybridized carbons (Fsp3) is 0.350. The molecule has 0 N–H and O–H groups in total. The molecular weight excluding hydrogens is 360 g/mol. The van der Waals surface area contributed by atoms with Gasteiger partial charge in [0.2, 0.25) is 0 Å². The Bertz CT molecular complexity index is 1030. The van der Waals surface area contributed by atoms with E-state index in [2.05, 4.69) is 9.88 Å². The normalized spacial score (nSPS) is 14.7. The van der Waals surface area contributed by atoms with Crippen LogP contribution in [-0.4, -0.2) is 46.5 Å². The number of fused-ring (bicyclic) bond motifs is 1. The molecule has 0 bridgehead atoms. The molecule has 4 heterocycles. The lowest BCUT2D eigenvalue weighted by Gasteiger charge is -2.35. The summed E-state index contributed by atoms with van der Waals surface area (Å²) in [4.78, 5) is 35.4. The van der Waals surface area contributed by atoms with E-state index >= 15 is 0 Å².